The van der Waals surface area contributed by atoms with Gasteiger partial charge in [0.2, 0.25) is 11.8 Å². The second kappa shape index (κ2) is 12.7. The highest BCUT2D eigenvalue weighted by atomic mass is 32.1. The number of rotatable bonds is 12. The number of nitrogens with zero attached hydrogens (tertiary/aromatic N) is 1. The fourth-order valence-corrected chi connectivity index (χ4v) is 4.15. The molecular weight excluding hydrogens is 470 g/mol. The molecular formula is C25H35N3O6S. The highest BCUT2D eigenvalue weighted by Gasteiger charge is 2.27. The zero-order valence-electron chi connectivity index (χ0n) is 20.6. The van der Waals surface area contributed by atoms with Crippen molar-refractivity contribution in [2.45, 2.75) is 63.8 Å². The Bertz CT molecular complexity index is 1070. The minimum absolute atomic E-state index is 0.0274. The maximum absolute atomic E-state index is 13.0. The Balaban J connectivity index is 2.20. The van der Waals surface area contributed by atoms with E-state index in [0.717, 1.165) is 0 Å². The van der Waals surface area contributed by atoms with Crippen LogP contribution in [0.2, 0.25) is 0 Å². The molecule has 35 heavy (non-hydrogen) atoms. The Morgan fingerprint density at radius 3 is 2.40 bits per heavy atom. The fraction of sp³-hybridized carbons (Fsp3) is 0.520. The summed E-state index contributed by atoms with van der Waals surface area (Å²) in [5.74, 6) is -2.56. The van der Waals surface area contributed by atoms with Gasteiger partial charge in [-0.15, -0.1) is 0 Å². The van der Waals surface area contributed by atoms with Gasteiger partial charge in [-0.25, -0.2) is 4.79 Å². The molecule has 0 radical (unpaired) electrons. The molecule has 2 unspecified atom stereocenters. The van der Waals surface area contributed by atoms with E-state index in [-0.39, 0.29) is 30.6 Å². The summed E-state index contributed by atoms with van der Waals surface area (Å²) in [6.45, 7) is 5.66. The van der Waals surface area contributed by atoms with E-state index in [4.69, 9.17) is 5.73 Å². The summed E-state index contributed by atoms with van der Waals surface area (Å²) in [6, 6.07) is 5.26. The van der Waals surface area contributed by atoms with E-state index in [1.807, 2.05) is 13.8 Å². The molecule has 0 aliphatic heterocycles. The average Bonchev–Trinajstić information content (AvgIpc) is 3.18. The maximum Gasteiger partial charge on any atom is 0.326 e. The predicted molar refractivity (Wildman–Crippen MR) is 136 cm³/mol. The van der Waals surface area contributed by atoms with E-state index in [2.05, 4.69) is 22.7 Å². The monoisotopic (exact) mass is 505 g/mol. The summed E-state index contributed by atoms with van der Waals surface area (Å²) >= 11 is 4.29. The lowest BCUT2D eigenvalue weighted by molar-refractivity contribution is -0.145. The molecule has 2 rings (SSSR count). The highest BCUT2D eigenvalue weighted by molar-refractivity contribution is 7.81. The molecule has 0 bridgehead atoms. The van der Waals surface area contributed by atoms with Gasteiger partial charge in [0.05, 0.1) is 29.8 Å². The lowest BCUT2D eigenvalue weighted by Crippen LogP contribution is -2.45. The first-order valence-corrected chi connectivity index (χ1v) is 12.2. The van der Waals surface area contributed by atoms with Crippen molar-refractivity contribution in [2.24, 2.45) is 17.6 Å². The Kier molecular flexibility index (Phi) is 10.3. The molecule has 10 heteroatoms. The van der Waals surface area contributed by atoms with Gasteiger partial charge in [0, 0.05) is 18.0 Å². The van der Waals surface area contributed by atoms with E-state index in [0.29, 0.717) is 29.3 Å². The average molecular weight is 506 g/mol. The minimum atomic E-state index is -1.23. The van der Waals surface area contributed by atoms with Crippen molar-refractivity contribution in [2.75, 3.05) is 7.11 Å². The van der Waals surface area contributed by atoms with Crippen molar-refractivity contribution < 1.29 is 29.0 Å². The Morgan fingerprint density at radius 1 is 1.14 bits per heavy atom. The number of aliphatic carboxylic acids is 1. The molecule has 0 aliphatic rings. The third-order valence-electron chi connectivity index (χ3n) is 5.89. The Morgan fingerprint density at radius 2 is 1.80 bits per heavy atom. The smallest absolute Gasteiger partial charge is 0.326 e. The largest absolute Gasteiger partial charge is 0.480 e. The lowest BCUT2D eigenvalue weighted by Gasteiger charge is -2.18. The number of amides is 1. The van der Waals surface area contributed by atoms with Gasteiger partial charge in [-0.05, 0) is 36.8 Å². The Labute approximate surface area is 210 Å². The standard InChI is InChI=1S/C25H35N3O6S/c1-14(2)11-18(26)23(30)28-13-16(17-7-5-6-8-20(17)28)12-19(24(31)32)27-22(29)21(35)10-9-15(3)25(33)34-4/h5-8,13-15,18-19,21,35H,9-12,26H2,1-4H3,(H,27,29)(H,31,32)/t15?,18-,19-,21?/m0/s1. The van der Waals surface area contributed by atoms with Crippen LogP contribution >= 0.6 is 12.6 Å². The third kappa shape index (κ3) is 7.57. The van der Waals surface area contributed by atoms with Crippen molar-refractivity contribution in [3.05, 3.63) is 36.0 Å². The summed E-state index contributed by atoms with van der Waals surface area (Å²) < 4.78 is 6.14. The van der Waals surface area contributed by atoms with Crippen LogP contribution < -0.4 is 11.1 Å². The van der Waals surface area contributed by atoms with Crippen LogP contribution in [0.3, 0.4) is 0 Å². The van der Waals surface area contributed by atoms with Crippen molar-refractivity contribution in [3.8, 4) is 0 Å². The maximum atomic E-state index is 13.0. The number of para-hydroxylation sites is 1. The molecule has 0 spiro atoms. The van der Waals surface area contributed by atoms with Gasteiger partial charge >= 0.3 is 11.9 Å². The molecule has 1 aromatic heterocycles. The third-order valence-corrected chi connectivity index (χ3v) is 6.39. The molecule has 0 fully saturated rings. The molecule has 192 valence electrons. The number of carboxylic acid groups (broad SMARTS) is 1. The van der Waals surface area contributed by atoms with Gasteiger partial charge in [-0.3, -0.25) is 19.0 Å². The number of carbonyl (C=O) groups excluding carboxylic acids is 3. The van der Waals surface area contributed by atoms with Gasteiger partial charge in [0.15, 0.2) is 0 Å². The number of carbonyl (C=O) groups is 4. The van der Waals surface area contributed by atoms with Crippen LogP contribution in [0.4, 0.5) is 0 Å². The van der Waals surface area contributed by atoms with Gasteiger partial charge in [-0.2, -0.15) is 12.6 Å². The van der Waals surface area contributed by atoms with Gasteiger partial charge in [0.25, 0.3) is 0 Å². The topological polar surface area (TPSA) is 141 Å². The number of aromatic nitrogens is 1. The molecule has 2 aromatic rings. The first kappa shape index (κ1) is 28.4. The van der Waals surface area contributed by atoms with Crippen LogP contribution in [0.5, 0.6) is 0 Å². The van der Waals surface area contributed by atoms with Gasteiger partial charge in [0.1, 0.15) is 6.04 Å². The van der Waals surface area contributed by atoms with Crippen LogP contribution in [-0.2, 0) is 25.5 Å². The number of nitrogens with one attached hydrogen (secondary N) is 1. The molecule has 0 saturated carbocycles. The number of fused-ring (bicyclic) bond motifs is 1. The van der Waals surface area contributed by atoms with Gasteiger partial charge < -0.3 is 20.9 Å². The molecule has 0 aliphatic carbocycles. The number of benzene rings is 1. The van der Waals surface area contributed by atoms with Crippen LogP contribution in [0.25, 0.3) is 10.9 Å². The Hall–Kier alpha value is -2.85. The van der Waals surface area contributed by atoms with Crippen LogP contribution in [-0.4, -0.2) is 57.9 Å². The van der Waals surface area contributed by atoms with Crippen LogP contribution in [0.15, 0.2) is 30.5 Å². The minimum Gasteiger partial charge on any atom is -0.480 e. The number of methoxy groups -OCH3 is 1. The number of hydrogen-bond donors (Lipinski definition) is 4. The molecule has 1 aromatic carbocycles. The highest BCUT2D eigenvalue weighted by Crippen LogP contribution is 2.24. The normalized spacial score (nSPS) is 14.8. The molecule has 4 N–H and O–H groups in total. The molecule has 0 saturated heterocycles. The summed E-state index contributed by atoms with van der Waals surface area (Å²) in [5.41, 5.74) is 7.35. The lowest BCUT2D eigenvalue weighted by atomic mass is 10.0. The quantitative estimate of drug-likeness (QED) is 0.257. The van der Waals surface area contributed by atoms with Crippen molar-refractivity contribution >= 4 is 47.3 Å². The van der Waals surface area contributed by atoms with E-state index < -0.39 is 35.1 Å². The number of ether oxygens (including phenoxy) is 1. The van der Waals surface area contributed by atoms with Crippen molar-refractivity contribution in [1.29, 1.82) is 0 Å². The summed E-state index contributed by atoms with van der Waals surface area (Å²) in [6.07, 6.45) is 2.75. The first-order valence-electron chi connectivity index (χ1n) is 11.6. The number of esters is 1. The van der Waals surface area contributed by atoms with E-state index in [1.165, 1.54) is 11.7 Å². The number of carboxylic acids is 1. The van der Waals surface area contributed by atoms with Crippen LogP contribution in [0, 0.1) is 11.8 Å². The van der Waals surface area contributed by atoms with Gasteiger partial charge in [-0.1, -0.05) is 39.0 Å². The molecule has 4 atom stereocenters. The number of thiol groups is 1. The zero-order chi connectivity index (χ0) is 26.3. The second-order valence-electron chi connectivity index (χ2n) is 9.24. The molecule has 1 heterocycles. The first-order chi connectivity index (χ1) is 16.5. The van der Waals surface area contributed by atoms with E-state index in [9.17, 15) is 24.3 Å². The van der Waals surface area contributed by atoms with Crippen molar-refractivity contribution in [3.63, 3.8) is 0 Å². The summed E-state index contributed by atoms with van der Waals surface area (Å²) in [7, 11) is 1.30. The van der Waals surface area contributed by atoms with E-state index >= 15 is 0 Å². The number of nitrogens with two attached hydrogens (primary N) is 1. The summed E-state index contributed by atoms with van der Waals surface area (Å²) in [5, 5.41) is 12.2. The fourth-order valence-electron chi connectivity index (χ4n) is 3.93. The molecule has 1 amide bonds. The van der Waals surface area contributed by atoms with Crippen LogP contribution in [0.1, 0.15) is 50.4 Å². The van der Waals surface area contributed by atoms with E-state index in [1.54, 1.807) is 37.4 Å². The zero-order valence-corrected chi connectivity index (χ0v) is 21.5. The van der Waals surface area contributed by atoms with Crippen molar-refractivity contribution in [1.82, 2.24) is 9.88 Å². The second-order valence-corrected chi connectivity index (χ2v) is 9.86. The predicted octanol–water partition coefficient (Wildman–Crippen LogP) is 2.65. The number of hydrogen-bond acceptors (Lipinski definition) is 7. The SMILES string of the molecule is COC(=O)C(C)CCC(S)C(=O)N[C@@H](Cc1cn(C(=O)[C@@H](N)CC(C)C)c2ccccc12)C(=O)O. The molecule has 9 nitrogen and oxygen atoms in total. The summed E-state index contributed by atoms with van der Waals surface area (Å²) in [4.78, 5) is 49.2.